The van der Waals surface area contributed by atoms with Gasteiger partial charge in [0.25, 0.3) is 0 Å². The number of fused-ring (bicyclic) bond motifs is 1. The summed E-state index contributed by atoms with van der Waals surface area (Å²) in [6.45, 7) is 8.59. The molecule has 3 aliphatic rings. The van der Waals surface area contributed by atoms with Gasteiger partial charge in [-0.15, -0.1) is 0 Å². The van der Waals surface area contributed by atoms with Crippen LogP contribution in [0.4, 0.5) is 0 Å². The Morgan fingerprint density at radius 2 is 1.66 bits per heavy atom. The topological polar surface area (TPSA) is 60.9 Å². The lowest BCUT2D eigenvalue weighted by Gasteiger charge is -2.38. The number of piperidine rings is 1. The Morgan fingerprint density at radius 1 is 1.00 bits per heavy atom. The van der Waals surface area contributed by atoms with Crippen molar-refractivity contribution in [2.75, 3.05) is 45.8 Å². The Morgan fingerprint density at radius 3 is 2.34 bits per heavy atom. The molecule has 0 saturated carbocycles. The lowest BCUT2D eigenvalue weighted by molar-refractivity contribution is -0.135. The van der Waals surface area contributed by atoms with Gasteiger partial charge < -0.3 is 4.90 Å². The van der Waals surface area contributed by atoms with Gasteiger partial charge in [-0.05, 0) is 60.8 Å². The third-order valence-electron chi connectivity index (χ3n) is 6.62. The van der Waals surface area contributed by atoms with Crippen LogP contribution >= 0.6 is 0 Å². The van der Waals surface area contributed by atoms with Crippen molar-refractivity contribution in [2.45, 2.75) is 44.4 Å². The second kappa shape index (κ2) is 8.36. The SMILES string of the molecule is CC1CC(C)CN(C(=O)CN2CCN(S(=O)(=O)c3ccc4c(c3)CCC4)CC2)C1. The van der Waals surface area contributed by atoms with E-state index in [4.69, 9.17) is 0 Å². The van der Waals surface area contributed by atoms with Crippen LogP contribution in [0.5, 0.6) is 0 Å². The van der Waals surface area contributed by atoms with Crippen molar-refractivity contribution in [1.82, 2.24) is 14.1 Å². The molecular formula is C22H33N3O3S. The second-order valence-electron chi connectivity index (χ2n) is 9.21. The normalized spacial score (nSPS) is 26.5. The van der Waals surface area contributed by atoms with E-state index < -0.39 is 10.0 Å². The van der Waals surface area contributed by atoms with Crippen molar-refractivity contribution >= 4 is 15.9 Å². The molecule has 0 N–H and O–H groups in total. The fourth-order valence-corrected chi connectivity index (χ4v) is 6.62. The Kier molecular flexibility index (Phi) is 6.00. The van der Waals surface area contributed by atoms with E-state index in [2.05, 4.69) is 18.7 Å². The van der Waals surface area contributed by atoms with E-state index >= 15 is 0 Å². The minimum Gasteiger partial charge on any atom is -0.341 e. The van der Waals surface area contributed by atoms with Crippen molar-refractivity contribution in [3.8, 4) is 0 Å². The molecule has 2 heterocycles. The van der Waals surface area contributed by atoms with Gasteiger partial charge in [0.05, 0.1) is 11.4 Å². The van der Waals surface area contributed by atoms with Crippen LogP contribution in [0.25, 0.3) is 0 Å². The molecule has 2 saturated heterocycles. The first-order valence-electron chi connectivity index (χ1n) is 10.9. The van der Waals surface area contributed by atoms with Crippen LogP contribution in [-0.4, -0.2) is 74.2 Å². The molecule has 6 nitrogen and oxygen atoms in total. The van der Waals surface area contributed by atoms with Gasteiger partial charge in [-0.3, -0.25) is 9.69 Å². The van der Waals surface area contributed by atoms with Gasteiger partial charge in [0.2, 0.25) is 15.9 Å². The Balaban J connectivity index is 1.33. The molecule has 0 radical (unpaired) electrons. The lowest BCUT2D eigenvalue weighted by Crippen LogP contribution is -2.52. The molecular weight excluding hydrogens is 386 g/mol. The highest BCUT2D eigenvalue weighted by Gasteiger charge is 2.31. The average Bonchev–Trinajstić information content (AvgIpc) is 3.15. The minimum absolute atomic E-state index is 0.179. The number of aryl methyl sites for hydroxylation is 2. The fourth-order valence-electron chi connectivity index (χ4n) is 5.14. The molecule has 1 aliphatic carbocycles. The van der Waals surface area contributed by atoms with E-state index in [1.54, 1.807) is 10.4 Å². The number of carbonyl (C=O) groups is 1. The van der Waals surface area contributed by atoms with Crippen molar-refractivity contribution in [1.29, 1.82) is 0 Å². The molecule has 1 aromatic carbocycles. The summed E-state index contributed by atoms with van der Waals surface area (Å²) >= 11 is 0. The number of benzene rings is 1. The average molecular weight is 420 g/mol. The Hall–Kier alpha value is -1.44. The third-order valence-corrected chi connectivity index (χ3v) is 8.51. The summed E-state index contributed by atoms with van der Waals surface area (Å²) in [5.74, 6) is 1.28. The quantitative estimate of drug-likeness (QED) is 0.749. The van der Waals surface area contributed by atoms with Crippen LogP contribution in [0.2, 0.25) is 0 Å². The molecule has 2 fully saturated rings. The zero-order chi connectivity index (χ0) is 20.6. The predicted molar refractivity (Wildman–Crippen MR) is 113 cm³/mol. The summed E-state index contributed by atoms with van der Waals surface area (Å²) in [6, 6.07) is 5.60. The maximum atomic E-state index is 13.1. The van der Waals surface area contributed by atoms with Crippen molar-refractivity contribution in [3.05, 3.63) is 29.3 Å². The van der Waals surface area contributed by atoms with E-state index in [1.165, 1.54) is 17.5 Å². The van der Waals surface area contributed by atoms with Gasteiger partial charge in [0.1, 0.15) is 0 Å². The molecule has 1 aromatic rings. The monoisotopic (exact) mass is 419 g/mol. The summed E-state index contributed by atoms with van der Waals surface area (Å²) in [5.41, 5.74) is 2.47. The smallest absolute Gasteiger partial charge is 0.243 e. The van der Waals surface area contributed by atoms with Crippen molar-refractivity contribution < 1.29 is 13.2 Å². The maximum absolute atomic E-state index is 13.1. The number of sulfonamides is 1. The molecule has 0 bridgehead atoms. The number of rotatable bonds is 4. The molecule has 1 amide bonds. The summed E-state index contributed by atoms with van der Waals surface area (Å²) in [4.78, 5) is 17.2. The van der Waals surface area contributed by atoms with Gasteiger partial charge in [0, 0.05) is 39.3 Å². The van der Waals surface area contributed by atoms with Crippen LogP contribution < -0.4 is 0 Å². The zero-order valence-electron chi connectivity index (χ0n) is 17.6. The van der Waals surface area contributed by atoms with Gasteiger partial charge >= 0.3 is 0 Å². The largest absolute Gasteiger partial charge is 0.341 e. The van der Waals surface area contributed by atoms with E-state index in [0.29, 0.717) is 49.5 Å². The standard InChI is InChI=1S/C22H33N3O3S/c1-17-12-18(2)15-24(14-17)22(26)16-23-8-10-25(11-9-23)29(27,28)21-7-6-19-4-3-5-20(19)13-21/h6-7,13,17-18H,3-5,8-12,14-16H2,1-2H3. The van der Waals surface area contributed by atoms with Gasteiger partial charge in [-0.2, -0.15) is 4.31 Å². The van der Waals surface area contributed by atoms with Gasteiger partial charge in [-0.25, -0.2) is 8.42 Å². The molecule has 29 heavy (non-hydrogen) atoms. The number of piperazine rings is 1. The molecule has 7 heteroatoms. The van der Waals surface area contributed by atoms with Crippen molar-refractivity contribution in [3.63, 3.8) is 0 Å². The van der Waals surface area contributed by atoms with Gasteiger partial charge in [0.15, 0.2) is 0 Å². The number of hydrogen-bond acceptors (Lipinski definition) is 4. The van der Waals surface area contributed by atoms with Crippen LogP contribution in [-0.2, 0) is 27.7 Å². The number of likely N-dealkylation sites (tertiary alicyclic amines) is 1. The first-order valence-corrected chi connectivity index (χ1v) is 12.4. The zero-order valence-corrected chi connectivity index (χ0v) is 18.5. The minimum atomic E-state index is -3.46. The molecule has 160 valence electrons. The molecule has 2 atom stereocenters. The molecule has 4 rings (SSSR count). The molecule has 0 spiro atoms. The van der Waals surface area contributed by atoms with Crippen LogP contribution in [0, 0.1) is 11.8 Å². The highest BCUT2D eigenvalue weighted by atomic mass is 32.2. The third kappa shape index (κ3) is 4.52. The number of hydrogen-bond donors (Lipinski definition) is 0. The first kappa shape index (κ1) is 20.8. The number of carbonyl (C=O) groups excluding carboxylic acids is 1. The Bertz CT molecular complexity index is 852. The van der Waals surface area contributed by atoms with Gasteiger partial charge in [-0.1, -0.05) is 19.9 Å². The van der Waals surface area contributed by atoms with E-state index in [1.807, 2.05) is 17.0 Å². The molecule has 2 unspecified atom stereocenters. The predicted octanol–water partition coefficient (Wildman–Crippen LogP) is 1.99. The van der Waals surface area contributed by atoms with Crippen LogP contribution in [0.15, 0.2) is 23.1 Å². The lowest BCUT2D eigenvalue weighted by atomic mass is 9.92. The van der Waals surface area contributed by atoms with E-state index in [-0.39, 0.29) is 5.91 Å². The summed E-state index contributed by atoms with van der Waals surface area (Å²) in [7, 11) is -3.46. The Labute approximate surface area is 174 Å². The first-order chi connectivity index (χ1) is 13.8. The van der Waals surface area contributed by atoms with E-state index in [9.17, 15) is 13.2 Å². The highest BCUT2D eigenvalue weighted by molar-refractivity contribution is 7.89. The summed E-state index contributed by atoms with van der Waals surface area (Å²) < 4.78 is 27.7. The summed E-state index contributed by atoms with van der Waals surface area (Å²) in [5, 5.41) is 0. The fraction of sp³-hybridized carbons (Fsp3) is 0.682. The van der Waals surface area contributed by atoms with Crippen molar-refractivity contribution in [2.24, 2.45) is 11.8 Å². The maximum Gasteiger partial charge on any atom is 0.243 e. The van der Waals surface area contributed by atoms with E-state index in [0.717, 1.165) is 32.4 Å². The molecule has 2 aliphatic heterocycles. The highest BCUT2D eigenvalue weighted by Crippen LogP contribution is 2.27. The van der Waals surface area contributed by atoms with Crippen LogP contribution in [0.1, 0.15) is 37.8 Å². The summed E-state index contributed by atoms with van der Waals surface area (Å²) in [6.07, 6.45) is 4.32. The number of nitrogens with zero attached hydrogens (tertiary/aromatic N) is 3. The number of amides is 1. The molecule has 0 aromatic heterocycles. The second-order valence-corrected chi connectivity index (χ2v) is 11.1. The van der Waals surface area contributed by atoms with Crippen LogP contribution in [0.3, 0.4) is 0 Å².